The molecule has 2 amide bonds. The third-order valence-electron chi connectivity index (χ3n) is 6.95. The number of rotatable bonds is 10. The van der Waals surface area contributed by atoms with Crippen LogP contribution in [0.25, 0.3) is 0 Å². The Bertz CT molecular complexity index is 1250. The number of anilines is 1. The number of carboxylic acid groups (broad SMARTS) is 1. The van der Waals surface area contributed by atoms with E-state index < -0.39 is 12.1 Å². The quantitative estimate of drug-likeness (QED) is 0.270. The lowest BCUT2D eigenvalue weighted by Gasteiger charge is -2.25. The highest BCUT2D eigenvalue weighted by molar-refractivity contribution is 7.98. The van der Waals surface area contributed by atoms with Crippen LogP contribution >= 0.6 is 11.8 Å². The van der Waals surface area contributed by atoms with Crippen molar-refractivity contribution in [2.24, 2.45) is 0 Å². The lowest BCUT2D eigenvalue weighted by Crippen LogP contribution is -2.33. The minimum absolute atomic E-state index is 0.0598. The standard InChI is InChI=1S/C31H34N2O5S/c1-39-28-17-15-27(16-18-28)38-31(37)33(26-13-11-24(12-14-26)23-5-3-2-4-6-23)21-22-7-9-25(10-8-22)30(36)32-20-19-29(34)35/h7-18,23H,2-6,19-21H2,1H3,(H,32,36)(H,34,35). The van der Waals surface area contributed by atoms with Crippen LogP contribution in [0.5, 0.6) is 5.75 Å². The number of carbonyl (C=O) groups is 3. The molecule has 0 aromatic heterocycles. The van der Waals surface area contributed by atoms with Gasteiger partial charge in [-0.15, -0.1) is 11.8 Å². The Morgan fingerprint density at radius 2 is 1.59 bits per heavy atom. The highest BCUT2D eigenvalue weighted by Crippen LogP contribution is 2.33. The van der Waals surface area contributed by atoms with Gasteiger partial charge < -0.3 is 15.2 Å². The zero-order valence-corrected chi connectivity index (χ0v) is 22.9. The molecule has 0 spiro atoms. The average molecular weight is 547 g/mol. The fourth-order valence-electron chi connectivity index (χ4n) is 4.75. The molecule has 0 radical (unpaired) electrons. The van der Waals surface area contributed by atoms with Crippen LogP contribution in [0.1, 0.15) is 65.9 Å². The zero-order chi connectivity index (χ0) is 27.6. The van der Waals surface area contributed by atoms with Crippen LogP contribution in [0.4, 0.5) is 10.5 Å². The molecule has 3 aromatic carbocycles. The van der Waals surface area contributed by atoms with E-state index in [0.29, 0.717) is 17.2 Å². The van der Waals surface area contributed by atoms with Gasteiger partial charge in [0.25, 0.3) is 5.91 Å². The molecule has 1 aliphatic carbocycles. The first-order valence-electron chi connectivity index (χ1n) is 13.2. The Morgan fingerprint density at radius 3 is 2.21 bits per heavy atom. The summed E-state index contributed by atoms with van der Waals surface area (Å²) in [5.74, 6) is -0.275. The van der Waals surface area contributed by atoms with Crippen LogP contribution in [0.3, 0.4) is 0 Å². The number of nitrogens with zero attached hydrogens (tertiary/aromatic N) is 1. The third-order valence-corrected chi connectivity index (χ3v) is 7.69. The topological polar surface area (TPSA) is 95.9 Å². The molecular weight excluding hydrogens is 512 g/mol. The van der Waals surface area contributed by atoms with Crippen molar-refractivity contribution >= 4 is 35.4 Å². The summed E-state index contributed by atoms with van der Waals surface area (Å²) in [5.41, 5.74) is 3.28. The summed E-state index contributed by atoms with van der Waals surface area (Å²) in [6.07, 6.45) is 7.58. The van der Waals surface area contributed by atoms with E-state index in [1.54, 1.807) is 53.1 Å². The third kappa shape index (κ3) is 8.10. The number of thioether (sulfide) groups is 1. The molecule has 0 saturated heterocycles. The largest absolute Gasteiger partial charge is 0.481 e. The van der Waals surface area contributed by atoms with Gasteiger partial charge >= 0.3 is 12.1 Å². The van der Waals surface area contributed by atoms with Crippen molar-refractivity contribution in [3.05, 3.63) is 89.5 Å². The van der Waals surface area contributed by atoms with Crippen molar-refractivity contribution in [3.8, 4) is 5.75 Å². The van der Waals surface area contributed by atoms with E-state index in [9.17, 15) is 14.4 Å². The molecule has 2 N–H and O–H groups in total. The molecule has 7 nitrogen and oxygen atoms in total. The number of benzene rings is 3. The Hall–Kier alpha value is -3.78. The molecule has 1 saturated carbocycles. The average Bonchev–Trinajstić information content (AvgIpc) is 2.97. The maximum Gasteiger partial charge on any atom is 0.420 e. The number of carbonyl (C=O) groups excluding carboxylic acids is 2. The number of hydrogen-bond acceptors (Lipinski definition) is 5. The number of aliphatic carboxylic acids is 1. The molecule has 4 rings (SSSR count). The first kappa shape index (κ1) is 28.2. The van der Waals surface area contributed by atoms with Crippen molar-refractivity contribution in [1.82, 2.24) is 5.32 Å². The second kappa shape index (κ2) is 13.8. The molecule has 0 heterocycles. The van der Waals surface area contributed by atoms with Crippen LogP contribution in [0.15, 0.2) is 77.7 Å². The Morgan fingerprint density at radius 1 is 0.923 bits per heavy atom. The predicted octanol–water partition coefficient (Wildman–Crippen LogP) is 6.87. The first-order chi connectivity index (χ1) is 18.9. The summed E-state index contributed by atoms with van der Waals surface area (Å²) >= 11 is 1.62. The van der Waals surface area contributed by atoms with Crippen LogP contribution in [0.2, 0.25) is 0 Å². The molecule has 1 aliphatic rings. The van der Waals surface area contributed by atoms with Gasteiger partial charge in [-0.25, -0.2) is 4.79 Å². The van der Waals surface area contributed by atoms with E-state index in [1.165, 1.54) is 37.7 Å². The normalized spacial score (nSPS) is 13.5. The highest BCUT2D eigenvalue weighted by Gasteiger charge is 2.21. The number of amides is 2. The smallest absolute Gasteiger partial charge is 0.420 e. The molecule has 0 atom stereocenters. The van der Waals surface area contributed by atoms with E-state index >= 15 is 0 Å². The summed E-state index contributed by atoms with van der Waals surface area (Å²) in [6.45, 7) is 0.315. The van der Waals surface area contributed by atoms with Gasteiger partial charge in [-0.05, 0) is 84.7 Å². The second-order valence-electron chi connectivity index (χ2n) is 9.65. The van der Waals surface area contributed by atoms with E-state index in [0.717, 1.165) is 16.1 Å². The molecule has 0 bridgehead atoms. The molecule has 0 aliphatic heterocycles. The number of hydrogen-bond donors (Lipinski definition) is 2. The summed E-state index contributed by atoms with van der Waals surface area (Å²) in [7, 11) is 0. The fourth-order valence-corrected chi connectivity index (χ4v) is 5.16. The molecule has 0 unspecified atom stereocenters. The van der Waals surface area contributed by atoms with Crippen LogP contribution in [0, 0.1) is 0 Å². The van der Waals surface area contributed by atoms with Crippen molar-refractivity contribution in [3.63, 3.8) is 0 Å². The van der Waals surface area contributed by atoms with Crippen molar-refractivity contribution < 1.29 is 24.2 Å². The molecule has 3 aromatic rings. The van der Waals surface area contributed by atoms with Gasteiger partial charge in [-0.2, -0.15) is 0 Å². The number of ether oxygens (including phenoxy) is 1. The Kier molecular flexibility index (Phi) is 10.0. The lowest BCUT2D eigenvalue weighted by atomic mass is 9.84. The number of carboxylic acids is 1. The van der Waals surface area contributed by atoms with Crippen molar-refractivity contribution in [2.75, 3.05) is 17.7 Å². The summed E-state index contributed by atoms with van der Waals surface area (Å²) < 4.78 is 5.74. The lowest BCUT2D eigenvalue weighted by molar-refractivity contribution is -0.136. The van der Waals surface area contributed by atoms with Gasteiger partial charge in [-0.1, -0.05) is 43.5 Å². The SMILES string of the molecule is CSc1ccc(OC(=O)N(Cc2ccc(C(=O)NCCC(=O)O)cc2)c2ccc(C3CCCCC3)cc2)cc1. The second-order valence-corrected chi connectivity index (χ2v) is 10.5. The monoisotopic (exact) mass is 546 g/mol. The first-order valence-corrected chi connectivity index (χ1v) is 14.5. The predicted molar refractivity (Wildman–Crippen MR) is 154 cm³/mol. The summed E-state index contributed by atoms with van der Waals surface area (Å²) in [6, 6.07) is 22.5. The molecule has 1 fully saturated rings. The zero-order valence-electron chi connectivity index (χ0n) is 22.1. The van der Waals surface area contributed by atoms with E-state index in [4.69, 9.17) is 9.84 Å². The van der Waals surface area contributed by atoms with Gasteiger partial charge in [0.1, 0.15) is 5.75 Å². The van der Waals surface area contributed by atoms with Gasteiger partial charge in [0.05, 0.1) is 13.0 Å². The van der Waals surface area contributed by atoms with E-state index in [1.807, 2.05) is 30.5 Å². The Labute approximate surface area is 233 Å². The van der Waals surface area contributed by atoms with Crippen molar-refractivity contribution in [1.29, 1.82) is 0 Å². The maximum atomic E-state index is 13.4. The molecule has 8 heteroatoms. The minimum Gasteiger partial charge on any atom is -0.481 e. The minimum atomic E-state index is -0.968. The van der Waals surface area contributed by atoms with Gasteiger partial charge in [-0.3, -0.25) is 14.5 Å². The van der Waals surface area contributed by atoms with E-state index in [2.05, 4.69) is 17.4 Å². The van der Waals surface area contributed by atoms with Crippen LogP contribution in [-0.4, -0.2) is 35.9 Å². The highest BCUT2D eigenvalue weighted by atomic mass is 32.2. The van der Waals surface area contributed by atoms with Crippen molar-refractivity contribution in [2.45, 2.75) is 55.9 Å². The number of nitrogens with one attached hydrogen (secondary N) is 1. The molecule has 204 valence electrons. The van der Waals surface area contributed by atoms with Gasteiger partial charge in [0.15, 0.2) is 0 Å². The van der Waals surface area contributed by atoms with Gasteiger partial charge in [0.2, 0.25) is 0 Å². The van der Waals surface area contributed by atoms with Crippen LogP contribution < -0.4 is 15.0 Å². The van der Waals surface area contributed by atoms with E-state index in [-0.39, 0.29) is 25.4 Å². The van der Waals surface area contributed by atoms with Gasteiger partial charge in [0, 0.05) is 22.7 Å². The molecular formula is C31H34N2O5S. The Balaban J connectivity index is 1.51. The summed E-state index contributed by atoms with van der Waals surface area (Å²) in [4.78, 5) is 39.1. The van der Waals surface area contributed by atoms with Crippen LogP contribution in [-0.2, 0) is 11.3 Å². The maximum absolute atomic E-state index is 13.4. The summed E-state index contributed by atoms with van der Waals surface area (Å²) in [5, 5.41) is 11.4. The fraction of sp³-hybridized carbons (Fsp3) is 0.323. The molecule has 39 heavy (non-hydrogen) atoms.